The van der Waals surface area contributed by atoms with Gasteiger partial charge in [0.25, 0.3) is 5.91 Å². The number of fused-ring (bicyclic) bond motifs is 1. The third kappa shape index (κ3) is 5.39. The van der Waals surface area contributed by atoms with Gasteiger partial charge >= 0.3 is 0 Å². The number of H-pyrrole nitrogens is 1. The Balaban J connectivity index is 1.22. The summed E-state index contributed by atoms with van der Waals surface area (Å²) in [6, 6.07) is 19.4. The van der Waals surface area contributed by atoms with Crippen LogP contribution in [0.25, 0.3) is 33.4 Å². The highest BCUT2D eigenvalue weighted by Gasteiger charge is 2.24. The van der Waals surface area contributed by atoms with E-state index in [0.717, 1.165) is 59.3 Å². The molecular formula is C32H31N5O4. The zero-order valence-corrected chi connectivity index (χ0v) is 22.7. The number of carbonyl (C=O) groups excluding carboxylic acids is 2. The fourth-order valence-electron chi connectivity index (χ4n) is 5.70. The summed E-state index contributed by atoms with van der Waals surface area (Å²) in [5, 5.41) is 19.9. The Labute approximate surface area is 238 Å². The normalized spacial score (nSPS) is 15.7. The van der Waals surface area contributed by atoms with Crippen LogP contribution in [0.5, 0.6) is 5.75 Å². The van der Waals surface area contributed by atoms with Gasteiger partial charge < -0.3 is 24.6 Å². The van der Waals surface area contributed by atoms with Crippen LogP contribution in [0.1, 0.15) is 41.6 Å². The van der Waals surface area contributed by atoms with Crippen LogP contribution in [0.4, 0.5) is 0 Å². The minimum absolute atomic E-state index is 0.0835. The Kier molecular flexibility index (Phi) is 7.40. The SMILES string of the molecule is N#Cc1cc(-c2nccc3[nH]c(-c4ccc(C(=O)N5CCCC5)cc4)cc23)ccc1OC1CCN(C(=O)CO)CC1. The maximum absolute atomic E-state index is 12.7. The van der Waals surface area contributed by atoms with E-state index in [4.69, 9.17) is 9.84 Å². The minimum Gasteiger partial charge on any atom is -0.489 e. The molecule has 9 nitrogen and oxygen atoms in total. The first-order chi connectivity index (χ1) is 20.0. The maximum atomic E-state index is 12.7. The number of carbonyl (C=O) groups is 2. The first-order valence-corrected chi connectivity index (χ1v) is 14.0. The molecule has 0 bridgehead atoms. The van der Waals surface area contributed by atoms with Gasteiger partial charge in [-0.3, -0.25) is 14.6 Å². The number of aliphatic hydroxyl groups is 1. The molecule has 0 saturated carbocycles. The molecule has 6 rings (SSSR count). The number of nitriles is 1. The largest absolute Gasteiger partial charge is 0.489 e. The fraction of sp³-hybridized carbons (Fsp3) is 0.312. The molecule has 2 saturated heterocycles. The van der Waals surface area contributed by atoms with Crippen LogP contribution in [-0.4, -0.2) is 75.6 Å². The van der Waals surface area contributed by atoms with Crippen molar-refractivity contribution in [3.05, 3.63) is 71.9 Å². The molecule has 4 aromatic rings. The van der Waals surface area contributed by atoms with Crippen LogP contribution in [0.15, 0.2) is 60.8 Å². The molecule has 0 radical (unpaired) electrons. The van der Waals surface area contributed by atoms with Gasteiger partial charge in [-0.2, -0.15) is 5.26 Å². The number of aliphatic hydroxyl groups excluding tert-OH is 1. The van der Waals surface area contributed by atoms with Gasteiger partial charge in [0.2, 0.25) is 5.91 Å². The van der Waals surface area contributed by atoms with Crippen molar-refractivity contribution in [2.24, 2.45) is 0 Å². The number of benzene rings is 2. The van der Waals surface area contributed by atoms with Gasteiger partial charge in [0.15, 0.2) is 0 Å². The van der Waals surface area contributed by atoms with Crippen LogP contribution in [0.3, 0.4) is 0 Å². The van der Waals surface area contributed by atoms with Gasteiger partial charge in [0.05, 0.1) is 11.3 Å². The summed E-state index contributed by atoms with van der Waals surface area (Å²) in [5.41, 5.74) is 5.49. The third-order valence-electron chi connectivity index (χ3n) is 7.98. The number of likely N-dealkylation sites (tertiary alicyclic amines) is 2. The van der Waals surface area contributed by atoms with Crippen molar-refractivity contribution in [3.63, 3.8) is 0 Å². The fourth-order valence-corrected chi connectivity index (χ4v) is 5.70. The molecule has 0 unspecified atom stereocenters. The smallest absolute Gasteiger partial charge is 0.253 e. The molecule has 2 aromatic heterocycles. The number of pyridine rings is 1. The first-order valence-electron chi connectivity index (χ1n) is 14.0. The summed E-state index contributed by atoms with van der Waals surface area (Å²) >= 11 is 0. The van der Waals surface area contributed by atoms with Gasteiger partial charge in [-0.1, -0.05) is 12.1 Å². The van der Waals surface area contributed by atoms with Crippen LogP contribution in [0, 0.1) is 11.3 Å². The Morgan fingerprint density at radius 1 is 0.976 bits per heavy atom. The van der Waals surface area contributed by atoms with Crippen molar-refractivity contribution >= 4 is 22.7 Å². The van der Waals surface area contributed by atoms with Gasteiger partial charge in [0.1, 0.15) is 24.5 Å². The van der Waals surface area contributed by atoms with Crippen molar-refractivity contribution in [1.29, 1.82) is 5.26 Å². The average molecular weight is 550 g/mol. The van der Waals surface area contributed by atoms with Gasteiger partial charge in [-0.15, -0.1) is 0 Å². The van der Waals surface area contributed by atoms with Crippen molar-refractivity contribution in [3.8, 4) is 34.3 Å². The highest BCUT2D eigenvalue weighted by atomic mass is 16.5. The number of nitrogens with one attached hydrogen (secondary N) is 1. The molecule has 0 aliphatic carbocycles. The molecule has 2 fully saturated rings. The summed E-state index contributed by atoms with van der Waals surface area (Å²) < 4.78 is 6.16. The van der Waals surface area contributed by atoms with E-state index in [9.17, 15) is 14.9 Å². The van der Waals surface area contributed by atoms with Crippen molar-refractivity contribution in [2.75, 3.05) is 32.8 Å². The van der Waals surface area contributed by atoms with E-state index >= 15 is 0 Å². The summed E-state index contributed by atoms with van der Waals surface area (Å²) in [6.45, 7) is 2.20. The number of ether oxygens (including phenoxy) is 1. The molecule has 4 heterocycles. The second-order valence-corrected chi connectivity index (χ2v) is 10.6. The zero-order valence-electron chi connectivity index (χ0n) is 22.7. The molecule has 2 aromatic carbocycles. The number of amides is 2. The first kappa shape index (κ1) is 26.5. The molecule has 2 aliphatic heterocycles. The van der Waals surface area contributed by atoms with E-state index in [-0.39, 0.29) is 17.9 Å². The van der Waals surface area contributed by atoms with E-state index < -0.39 is 6.61 Å². The predicted octanol–water partition coefficient (Wildman–Crippen LogP) is 4.37. The van der Waals surface area contributed by atoms with E-state index in [2.05, 4.69) is 16.0 Å². The molecule has 2 aliphatic rings. The average Bonchev–Trinajstić information content (AvgIpc) is 3.72. The molecular weight excluding hydrogens is 518 g/mol. The van der Waals surface area contributed by atoms with Crippen molar-refractivity contribution in [1.82, 2.24) is 19.8 Å². The van der Waals surface area contributed by atoms with Crippen LogP contribution in [0.2, 0.25) is 0 Å². The summed E-state index contributed by atoms with van der Waals surface area (Å²) in [5.74, 6) is 0.318. The lowest BCUT2D eigenvalue weighted by Crippen LogP contribution is -2.42. The standard InChI is InChI=1S/C32H31N5O4/c33-19-24-17-23(7-8-29(24)41-25-10-15-36(16-11-25)30(39)20-38)31-26-18-28(35-27(26)9-12-34-31)21-3-5-22(6-4-21)32(40)37-13-1-2-14-37/h3-9,12,17-18,25,35,38H,1-2,10-11,13-16,20H2. The van der Waals surface area contributed by atoms with Crippen LogP contribution >= 0.6 is 0 Å². The minimum atomic E-state index is -0.485. The molecule has 9 heteroatoms. The number of rotatable bonds is 6. The lowest BCUT2D eigenvalue weighted by Gasteiger charge is -2.32. The molecule has 0 spiro atoms. The predicted molar refractivity (Wildman–Crippen MR) is 154 cm³/mol. The number of aromatic nitrogens is 2. The highest BCUT2D eigenvalue weighted by molar-refractivity contribution is 5.97. The highest BCUT2D eigenvalue weighted by Crippen LogP contribution is 2.34. The number of nitrogens with zero attached hydrogens (tertiary/aromatic N) is 4. The Morgan fingerprint density at radius 3 is 2.41 bits per heavy atom. The Morgan fingerprint density at radius 2 is 1.71 bits per heavy atom. The zero-order chi connectivity index (χ0) is 28.3. The summed E-state index contributed by atoms with van der Waals surface area (Å²) in [4.78, 5) is 36.1. The number of hydrogen-bond acceptors (Lipinski definition) is 6. The maximum Gasteiger partial charge on any atom is 0.253 e. The van der Waals surface area contributed by atoms with E-state index in [1.807, 2.05) is 53.4 Å². The summed E-state index contributed by atoms with van der Waals surface area (Å²) in [7, 11) is 0. The number of piperidine rings is 1. The molecule has 2 amide bonds. The van der Waals surface area contributed by atoms with Crippen LogP contribution in [-0.2, 0) is 4.79 Å². The second-order valence-electron chi connectivity index (χ2n) is 10.6. The van der Waals surface area contributed by atoms with E-state index in [1.165, 1.54) is 0 Å². The monoisotopic (exact) mass is 549 g/mol. The van der Waals surface area contributed by atoms with Crippen molar-refractivity contribution < 1.29 is 19.4 Å². The van der Waals surface area contributed by atoms with E-state index in [0.29, 0.717) is 42.8 Å². The topological polar surface area (TPSA) is 123 Å². The quantitative estimate of drug-likeness (QED) is 0.368. The van der Waals surface area contributed by atoms with Gasteiger partial charge in [-0.05, 0) is 60.9 Å². The molecule has 208 valence electrons. The Hall–Kier alpha value is -4.68. The number of aromatic amines is 1. The Bertz CT molecular complexity index is 1620. The third-order valence-corrected chi connectivity index (χ3v) is 7.98. The number of hydrogen-bond donors (Lipinski definition) is 2. The van der Waals surface area contributed by atoms with E-state index in [1.54, 1.807) is 17.2 Å². The molecule has 0 atom stereocenters. The summed E-state index contributed by atoms with van der Waals surface area (Å²) in [6.07, 6.45) is 5.04. The lowest BCUT2D eigenvalue weighted by atomic mass is 10.0. The second kappa shape index (κ2) is 11.4. The van der Waals surface area contributed by atoms with Crippen LogP contribution < -0.4 is 4.74 Å². The molecule has 41 heavy (non-hydrogen) atoms. The lowest BCUT2D eigenvalue weighted by molar-refractivity contribution is -0.135. The van der Waals surface area contributed by atoms with Crippen molar-refractivity contribution in [2.45, 2.75) is 31.8 Å². The van der Waals surface area contributed by atoms with Gasteiger partial charge in [0, 0.05) is 72.9 Å². The van der Waals surface area contributed by atoms with Gasteiger partial charge in [-0.25, -0.2) is 0 Å². The molecule has 2 N–H and O–H groups in total.